The molecule has 2 aromatic rings. The Morgan fingerprint density at radius 1 is 1.26 bits per heavy atom. The van der Waals surface area contributed by atoms with Gasteiger partial charge in [0.25, 0.3) is 0 Å². The van der Waals surface area contributed by atoms with Gasteiger partial charge in [-0.15, -0.1) is 0 Å². The molecule has 0 unspecified atom stereocenters. The summed E-state index contributed by atoms with van der Waals surface area (Å²) < 4.78 is 1.96. The van der Waals surface area contributed by atoms with Crippen LogP contribution in [-0.2, 0) is 20.0 Å². The van der Waals surface area contributed by atoms with Gasteiger partial charge in [-0.3, -0.25) is 4.68 Å². The number of hydrogen-bond acceptors (Lipinski definition) is 2. The first-order valence-electron chi connectivity index (χ1n) is 6.95. The Hall–Kier alpha value is -1.77. The first-order chi connectivity index (χ1) is 9.10. The Bertz CT molecular complexity index is 541. The molecule has 0 radical (unpaired) electrons. The average molecular weight is 257 g/mol. The molecule has 0 aliphatic heterocycles. The van der Waals surface area contributed by atoms with E-state index in [0.29, 0.717) is 5.92 Å². The van der Waals surface area contributed by atoms with E-state index in [2.05, 4.69) is 61.5 Å². The molecule has 102 valence electrons. The molecule has 1 N–H and O–H groups in total. The summed E-state index contributed by atoms with van der Waals surface area (Å²) in [4.78, 5) is 0. The number of benzene rings is 1. The molecule has 0 fully saturated rings. The molecule has 2 rings (SSSR count). The van der Waals surface area contributed by atoms with Crippen molar-refractivity contribution in [1.29, 1.82) is 0 Å². The van der Waals surface area contributed by atoms with Gasteiger partial charge in [0.1, 0.15) is 0 Å². The fourth-order valence-electron chi connectivity index (χ4n) is 2.11. The lowest BCUT2D eigenvalue weighted by Gasteiger charge is -2.10. The van der Waals surface area contributed by atoms with Gasteiger partial charge in [0.15, 0.2) is 0 Å². The van der Waals surface area contributed by atoms with Gasteiger partial charge in [0, 0.05) is 12.7 Å². The average Bonchev–Trinajstić information content (AvgIpc) is 2.77. The summed E-state index contributed by atoms with van der Waals surface area (Å²) in [6.45, 7) is 7.37. The summed E-state index contributed by atoms with van der Waals surface area (Å²) in [5.74, 6) is 0.560. The van der Waals surface area contributed by atoms with Crippen molar-refractivity contribution < 1.29 is 0 Å². The third-order valence-corrected chi connectivity index (χ3v) is 3.42. The van der Waals surface area contributed by atoms with E-state index in [0.717, 1.165) is 18.7 Å². The molecule has 0 saturated heterocycles. The van der Waals surface area contributed by atoms with Crippen molar-refractivity contribution in [2.45, 2.75) is 39.7 Å². The monoisotopic (exact) mass is 257 g/mol. The summed E-state index contributed by atoms with van der Waals surface area (Å²) in [7, 11) is 2.00. The Morgan fingerprint density at radius 2 is 2.05 bits per heavy atom. The molecular formula is C16H23N3. The molecule has 0 aliphatic rings. The van der Waals surface area contributed by atoms with Crippen LogP contribution < -0.4 is 5.32 Å². The van der Waals surface area contributed by atoms with Gasteiger partial charge in [-0.1, -0.05) is 32.9 Å². The van der Waals surface area contributed by atoms with Crippen LogP contribution in [0.3, 0.4) is 0 Å². The molecule has 1 aromatic heterocycles. The highest BCUT2D eigenvalue weighted by Gasteiger charge is 2.04. The zero-order valence-corrected chi connectivity index (χ0v) is 12.3. The van der Waals surface area contributed by atoms with Crippen LogP contribution in [0.25, 0.3) is 0 Å². The van der Waals surface area contributed by atoms with Gasteiger partial charge in [-0.25, -0.2) is 0 Å². The van der Waals surface area contributed by atoms with Gasteiger partial charge in [-0.2, -0.15) is 5.10 Å². The lowest BCUT2D eigenvalue weighted by molar-refractivity contribution is 0.707. The van der Waals surface area contributed by atoms with Crippen molar-refractivity contribution in [1.82, 2.24) is 9.78 Å². The number of nitrogens with one attached hydrogen (secondary N) is 1. The first-order valence-corrected chi connectivity index (χ1v) is 6.95. The van der Waals surface area contributed by atoms with Gasteiger partial charge in [0.05, 0.1) is 17.9 Å². The minimum Gasteiger partial charge on any atom is -0.379 e. The van der Waals surface area contributed by atoms with E-state index < -0.39 is 0 Å². The molecular weight excluding hydrogens is 234 g/mol. The van der Waals surface area contributed by atoms with E-state index in [1.54, 1.807) is 0 Å². The third-order valence-electron chi connectivity index (χ3n) is 3.42. The molecule has 0 amide bonds. The van der Waals surface area contributed by atoms with Crippen molar-refractivity contribution in [3.05, 3.63) is 47.3 Å². The van der Waals surface area contributed by atoms with Crippen molar-refractivity contribution in [2.75, 3.05) is 5.32 Å². The predicted molar refractivity (Wildman–Crippen MR) is 80.4 cm³/mol. The molecule has 0 saturated carbocycles. The van der Waals surface area contributed by atoms with Gasteiger partial charge in [0.2, 0.25) is 0 Å². The largest absolute Gasteiger partial charge is 0.379 e. The SMILES string of the molecule is CCc1cc(CNc2cccc(C(C)C)c2)n(C)n1. The molecule has 0 bridgehead atoms. The van der Waals surface area contributed by atoms with Crippen LogP contribution >= 0.6 is 0 Å². The van der Waals surface area contributed by atoms with Crippen molar-refractivity contribution in [3.8, 4) is 0 Å². The quantitative estimate of drug-likeness (QED) is 0.884. The number of rotatable bonds is 5. The highest BCUT2D eigenvalue weighted by atomic mass is 15.3. The predicted octanol–water partition coefficient (Wildman–Crippen LogP) is 3.72. The fourth-order valence-corrected chi connectivity index (χ4v) is 2.11. The molecule has 0 aliphatic carbocycles. The van der Waals surface area contributed by atoms with Crippen molar-refractivity contribution in [3.63, 3.8) is 0 Å². The number of aromatic nitrogens is 2. The Balaban J connectivity index is 2.05. The van der Waals surface area contributed by atoms with Crippen LogP contribution in [0.2, 0.25) is 0 Å². The molecule has 0 spiro atoms. The van der Waals surface area contributed by atoms with Crippen molar-refractivity contribution >= 4 is 5.69 Å². The van der Waals surface area contributed by atoms with E-state index in [1.807, 2.05) is 11.7 Å². The number of anilines is 1. The molecule has 3 nitrogen and oxygen atoms in total. The minimum atomic E-state index is 0.560. The second-order valence-electron chi connectivity index (χ2n) is 5.24. The van der Waals surface area contributed by atoms with E-state index in [-0.39, 0.29) is 0 Å². The third kappa shape index (κ3) is 3.37. The van der Waals surface area contributed by atoms with E-state index in [4.69, 9.17) is 0 Å². The molecule has 1 heterocycles. The second kappa shape index (κ2) is 5.91. The smallest absolute Gasteiger partial charge is 0.0625 e. The van der Waals surface area contributed by atoms with Crippen LogP contribution in [0.4, 0.5) is 5.69 Å². The Morgan fingerprint density at radius 3 is 2.68 bits per heavy atom. The second-order valence-corrected chi connectivity index (χ2v) is 5.24. The zero-order chi connectivity index (χ0) is 13.8. The summed E-state index contributed by atoms with van der Waals surface area (Å²) in [6, 6.07) is 10.8. The normalized spacial score (nSPS) is 11.0. The minimum absolute atomic E-state index is 0.560. The Labute approximate surface area is 115 Å². The topological polar surface area (TPSA) is 29.9 Å². The molecule has 1 aromatic carbocycles. The van der Waals surface area contributed by atoms with E-state index in [1.165, 1.54) is 16.9 Å². The van der Waals surface area contributed by atoms with E-state index >= 15 is 0 Å². The first kappa shape index (κ1) is 13.7. The van der Waals surface area contributed by atoms with E-state index in [9.17, 15) is 0 Å². The lowest BCUT2D eigenvalue weighted by atomic mass is 10.0. The maximum atomic E-state index is 4.46. The van der Waals surface area contributed by atoms with Crippen molar-refractivity contribution in [2.24, 2.45) is 7.05 Å². The maximum absolute atomic E-state index is 4.46. The number of hydrogen-bond donors (Lipinski definition) is 1. The number of nitrogens with zero attached hydrogens (tertiary/aromatic N) is 2. The maximum Gasteiger partial charge on any atom is 0.0625 e. The zero-order valence-electron chi connectivity index (χ0n) is 12.3. The molecule has 0 atom stereocenters. The highest BCUT2D eigenvalue weighted by Crippen LogP contribution is 2.19. The lowest BCUT2D eigenvalue weighted by Crippen LogP contribution is -2.05. The summed E-state index contributed by atoms with van der Waals surface area (Å²) in [5.41, 5.74) is 4.90. The van der Waals surface area contributed by atoms with Crippen LogP contribution in [0, 0.1) is 0 Å². The standard InChI is InChI=1S/C16H23N3/c1-5-14-10-16(19(4)18-14)11-17-15-8-6-7-13(9-15)12(2)3/h6-10,12,17H,5,11H2,1-4H3. The van der Waals surface area contributed by atoms with Gasteiger partial charge >= 0.3 is 0 Å². The van der Waals surface area contributed by atoms with Gasteiger partial charge < -0.3 is 5.32 Å². The van der Waals surface area contributed by atoms with Crippen LogP contribution in [0.1, 0.15) is 43.6 Å². The summed E-state index contributed by atoms with van der Waals surface area (Å²) in [6.07, 6.45) is 0.983. The van der Waals surface area contributed by atoms with Crippen LogP contribution in [0.5, 0.6) is 0 Å². The summed E-state index contributed by atoms with van der Waals surface area (Å²) >= 11 is 0. The highest BCUT2D eigenvalue weighted by molar-refractivity contribution is 5.46. The molecule has 3 heteroatoms. The Kier molecular flexibility index (Phi) is 4.25. The fraction of sp³-hybridized carbons (Fsp3) is 0.438. The summed E-state index contributed by atoms with van der Waals surface area (Å²) in [5, 5.41) is 7.94. The number of aryl methyl sites for hydroxylation is 2. The van der Waals surface area contributed by atoms with Crippen LogP contribution in [-0.4, -0.2) is 9.78 Å². The van der Waals surface area contributed by atoms with Crippen LogP contribution in [0.15, 0.2) is 30.3 Å². The molecule has 19 heavy (non-hydrogen) atoms. The van der Waals surface area contributed by atoms with Gasteiger partial charge in [-0.05, 0) is 36.1 Å².